The molecule has 108 valence electrons. The molecule has 3 aromatic rings. The predicted molar refractivity (Wildman–Crippen MR) is 78.6 cm³/mol. The number of ether oxygens (including phenoxy) is 1. The summed E-state index contributed by atoms with van der Waals surface area (Å²) in [4.78, 5) is 4.36. The molecular weight excluding hydrogens is 290 g/mol. The first kappa shape index (κ1) is 13.6. The van der Waals surface area contributed by atoms with E-state index in [4.69, 9.17) is 9.88 Å². The minimum atomic E-state index is -3.74. The van der Waals surface area contributed by atoms with E-state index in [1.807, 2.05) is 16.5 Å². The molecule has 6 nitrogen and oxygen atoms in total. The summed E-state index contributed by atoms with van der Waals surface area (Å²) in [6.45, 7) is 0. The Morgan fingerprint density at radius 1 is 1.24 bits per heavy atom. The van der Waals surface area contributed by atoms with Gasteiger partial charge in [0.25, 0.3) is 0 Å². The van der Waals surface area contributed by atoms with Gasteiger partial charge in [-0.25, -0.2) is 18.5 Å². The Hall–Kier alpha value is -2.38. The summed E-state index contributed by atoms with van der Waals surface area (Å²) in [5.74, 6) is 0.685. The number of fused-ring (bicyclic) bond motifs is 1. The first-order valence-corrected chi connectivity index (χ1v) is 7.68. The summed E-state index contributed by atoms with van der Waals surface area (Å²) in [6.07, 6.45) is 3.47. The maximum Gasteiger partial charge on any atom is 0.238 e. The molecule has 0 amide bonds. The van der Waals surface area contributed by atoms with Crippen LogP contribution in [0.25, 0.3) is 16.9 Å². The molecule has 0 saturated carbocycles. The molecule has 0 unspecified atom stereocenters. The van der Waals surface area contributed by atoms with Gasteiger partial charge in [-0.3, -0.25) is 4.40 Å². The molecule has 0 aliphatic rings. The quantitative estimate of drug-likeness (QED) is 0.797. The van der Waals surface area contributed by atoms with Gasteiger partial charge in [0, 0.05) is 5.56 Å². The Labute approximate surface area is 121 Å². The van der Waals surface area contributed by atoms with Gasteiger partial charge >= 0.3 is 0 Å². The van der Waals surface area contributed by atoms with Gasteiger partial charge in [-0.15, -0.1) is 0 Å². The van der Waals surface area contributed by atoms with Crippen LogP contribution in [0.3, 0.4) is 0 Å². The average molecular weight is 303 g/mol. The second-order valence-electron chi connectivity index (χ2n) is 4.51. The number of nitrogens with zero attached hydrogens (tertiary/aromatic N) is 2. The predicted octanol–water partition coefficient (Wildman–Crippen LogP) is 1.66. The lowest BCUT2D eigenvalue weighted by Gasteiger charge is -2.06. The molecule has 0 radical (unpaired) electrons. The highest BCUT2D eigenvalue weighted by molar-refractivity contribution is 7.89. The Morgan fingerprint density at radius 2 is 2.05 bits per heavy atom. The van der Waals surface area contributed by atoms with Crippen molar-refractivity contribution >= 4 is 15.7 Å². The minimum absolute atomic E-state index is 0.0675. The summed E-state index contributed by atoms with van der Waals surface area (Å²) in [6, 6.07) is 10.1. The number of benzene rings is 1. The van der Waals surface area contributed by atoms with Crippen LogP contribution in [-0.2, 0) is 10.0 Å². The molecule has 0 saturated heterocycles. The van der Waals surface area contributed by atoms with Crippen LogP contribution in [0.2, 0.25) is 0 Å². The van der Waals surface area contributed by atoms with Gasteiger partial charge in [0.1, 0.15) is 11.4 Å². The van der Waals surface area contributed by atoms with E-state index in [2.05, 4.69) is 4.98 Å². The number of pyridine rings is 1. The van der Waals surface area contributed by atoms with Gasteiger partial charge in [-0.05, 0) is 24.3 Å². The molecular formula is C14H13N3O3S. The highest BCUT2D eigenvalue weighted by Crippen LogP contribution is 2.24. The molecule has 0 aliphatic carbocycles. The second kappa shape index (κ2) is 4.87. The number of hydrogen-bond donors (Lipinski definition) is 1. The fraction of sp³-hybridized carbons (Fsp3) is 0.0714. The average Bonchev–Trinajstić information content (AvgIpc) is 2.89. The maximum atomic E-state index is 11.5. The lowest BCUT2D eigenvalue weighted by molar-refractivity contribution is 0.412. The lowest BCUT2D eigenvalue weighted by Crippen LogP contribution is -2.12. The van der Waals surface area contributed by atoms with E-state index in [1.165, 1.54) is 12.1 Å². The first-order valence-electron chi connectivity index (χ1n) is 6.13. The largest absolute Gasteiger partial charge is 0.495 e. The third-order valence-corrected chi connectivity index (χ3v) is 4.08. The van der Waals surface area contributed by atoms with Crippen LogP contribution in [0.5, 0.6) is 5.75 Å². The molecule has 2 N–H and O–H groups in total. The molecule has 2 aromatic heterocycles. The van der Waals surface area contributed by atoms with Gasteiger partial charge in [0.2, 0.25) is 10.0 Å². The number of methoxy groups -OCH3 is 1. The molecule has 3 rings (SSSR count). The van der Waals surface area contributed by atoms with E-state index in [9.17, 15) is 8.42 Å². The van der Waals surface area contributed by atoms with Crippen molar-refractivity contribution < 1.29 is 13.2 Å². The number of primary sulfonamides is 1. The molecule has 0 atom stereocenters. The van der Waals surface area contributed by atoms with Gasteiger partial charge in [-0.2, -0.15) is 0 Å². The van der Waals surface area contributed by atoms with Crippen molar-refractivity contribution in [3.05, 3.63) is 48.8 Å². The Bertz CT molecular complexity index is 916. The zero-order valence-electron chi connectivity index (χ0n) is 11.2. The lowest BCUT2D eigenvalue weighted by atomic mass is 10.2. The first-order chi connectivity index (χ1) is 9.99. The molecule has 0 aliphatic heterocycles. The fourth-order valence-corrected chi connectivity index (χ4v) is 2.69. The van der Waals surface area contributed by atoms with Crippen LogP contribution in [0.4, 0.5) is 0 Å². The number of aromatic nitrogens is 2. The number of rotatable bonds is 3. The number of hydrogen-bond acceptors (Lipinski definition) is 4. The van der Waals surface area contributed by atoms with E-state index < -0.39 is 10.0 Å². The van der Waals surface area contributed by atoms with Gasteiger partial charge in [-0.1, -0.05) is 12.1 Å². The van der Waals surface area contributed by atoms with E-state index >= 15 is 0 Å². The molecule has 21 heavy (non-hydrogen) atoms. The Kier molecular flexibility index (Phi) is 3.15. The van der Waals surface area contributed by atoms with E-state index in [-0.39, 0.29) is 4.90 Å². The van der Waals surface area contributed by atoms with Crippen LogP contribution < -0.4 is 9.88 Å². The minimum Gasteiger partial charge on any atom is -0.495 e. The third kappa shape index (κ3) is 2.48. The summed E-state index contributed by atoms with van der Waals surface area (Å²) < 4.78 is 29.9. The number of sulfonamides is 1. The van der Waals surface area contributed by atoms with E-state index in [1.54, 1.807) is 31.6 Å². The topological polar surface area (TPSA) is 86.7 Å². The smallest absolute Gasteiger partial charge is 0.238 e. The fourth-order valence-electron chi connectivity index (χ4n) is 2.13. The standard InChI is InChI=1S/C14H13N3O3S/c1-20-11-5-6-14-16-8-13(17(14)9-11)10-3-2-4-12(7-10)21(15,18)19/h2-9H,1H3,(H2,15,18,19). The van der Waals surface area contributed by atoms with Crippen LogP contribution in [-0.4, -0.2) is 24.9 Å². The van der Waals surface area contributed by atoms with Crippen LogP contribution in [0.15, 0.2) is 53.7 Å². The highest BCUT2D eigenvalue weighted by Gasteiger charge is 2.11. The van der Waals surface area contributed by atoms with E-state index in [0.29, 0.717) is 11.3 Å². The zero-order valence-corrected chi connectivity index (χ0v) is 12.0. The summed E-state index contributed by atoms with van der Waals surface area (Å²) in [5, 5.41) is 5.17. The van der Waals surface area contributed by atoms with Crippen molar-refractivity contribution in [3.63, 3.8) is 0 Å². The SMILES string of the molecule is COc1ccc2ncc(-c3cccc(S(N)(=O)=O)c3)n2c1. The van der Waals surface area contributed by atoms with Crippen molar-refractivity contribution in [2.75, 3.05) is 7.11 Å². The van der Waals surface area contributed by atoms with Gasteiger partial charge in [0.15, 0.2) is 0 Å². The summed E-state index contributed by atoms with van der Waals surface area (Å²) >= 11 is 0. The van der Waals surface area contributed by atoms with E-state index in [0.717, 1.165) is 11.3 Å². The Morgan fingerprint density at radius 3 is 2.76 bits per heavy atom. The molecule has 0 fully saturated rings. The van der Waals surface area contributed by atoms with Gasteiger partial charge < -0.3 is 4.74 Å². The van der Waals surface area contributed by atoms with Crippen molar-refractivity contribution in [1.82, 2.24) is 9.38 Å². The Balaban J connectivity index is 2.21. The normalized spacial score (nSPS) is 11.7. The third-order valence-electron chi connectivity index (χ3n) is 3.17. The molecule has 1 aromatic carbocycles. The van der Waals surface area contributed by atoms with Crippen molar-refractivity contribution in [1.29, 1.82) is 0 Å². The summed E-state index contributed by atoms with van der Waals surface area (Å²) in [5.41, 5.74) is 2.21. The summed E-state index contributed by atoms with van der Waals surface area (Å²) in [7, 11) is -2.15. The second-order valence-corrected chi connectivity index (χ2v) is 6.07. The van der Waals surface area contributed by atoms with Crippen molar-refractivity contribution in [2.24, 2.45) is 5.14 Å². The van der Waals surface area contributed by atoms with Crippen molar-refractivity contribution in [3.8, 4) is 17.0 Å². The van der Waals surface area contributed by atoms with Crippen LogP contribution in [0, 0.1) is 0 Å². The zero-order chi connectivity index (χ0) is 15.0. The number of imidazole rings is 1. The molecule has 0 bridgehead atoms. The molecule has 2 heterocycles. The molecule has 7 heteroatoms. The molecule has 0 spiro atoms. The highest BCUT2D eigenvalue weighted by atomic mass is 32.2. The van der Waals surface area contributed by atoms with Crippen LogP contribution >= 0.6 is 0 Å². The van der Waals surface area contributed by atoms with Gasteiger partial charge in [0.05, 0.1) is 30.1 Å². The number of nitrogens with two attached hydrogens (primary N) is 1. The maximum absolute atomic E-state index is 11.5. The van der Waals surface area contributed by atoms with Crippen molar-refractivity contribution in [2.45, 2.75) is 4.90 Å². The van der Waals surface area contributed by atoms with Crippen LogP contribution in [0.1, 0.15) is 0 Å². The monoisotopic (exact) mass is 303 g/mol.